The molecule has 1 aliphatic heterocycles. The summed E-state index contributed by atoms with van der Waals surface area (Å²) < 4.78 is 4.89. The fraction of sp³-hybridized carbons (Fsp3) is 0.0870. The maximum absolute atomic E-state index is 12.6. The first-order valence-corrected chi connectivity index (χ1v) is 9.08. The van der Waals surface area contributed by atoms with Crippen LogP contribution in [0.15, 0.2) is 66.7 Å². The molecule has 3 aromatic rings. The molecule has 0 saturated heterocycles. The molecule has 0 unspecified atom stereocenters. The highest BCUT2D eigenvalue weighted by molar-refractivity contribution is 6.12. The van der Waals surface area contributed by atoms with Gasteiger partial charge in [0.15, 0.2) is 0 Å². The molecule has 0 spiro atoms. The summed E-state index contributed by atoms with van der Waals surface area (Å²) in [5.74, 6) is -1.01. The van der Waals surface area contributed by atoms with Crippen LogP contribution in [-0.4, -0.2) is 24.9 Å². The molecule has 0 bridgehead atoms. The first-order chi connectivity index (χ1) is 14.1. The summed E-state index contributed by atoms with van der Waals surface area (Å²) in [5.41, 5.74) is 3.91. The first kappa shape index (κ1) is 18.4. The van der Waals surface area contributed by atoms with Crippen LogP contribution in [0.2, 0.25) is 0 Å². The molecule has 1 heterocycles. The first-order valence-electron chi connectivity index (χ1n) is 9.08. The second kappa shape index (κ2) is 7.59. The fourth-order valence-electron chi connectivity index (χ4n) is 3.49. The molecule has 0 radical (unpaired) electrons. The molecule has 6 nitrogen and oxygen atoms in total. The maximum atomic E-state index is 12.6. The van der Waals surface area contributed by atoms with Gasteiger partial charge < -0.3 is 15.4 Å². The summed E-state index contributed by atoms with van der Waals surface area (Å²) in [5, 5.41) is 5.63. The molecule has 0 atom stereocenters. The Balaban J connectivity index is 1.78. The molecule has 0 aliphatic carbocycles. The van der Waals surface area contributed by atoms with Crippen molar-refractivity contribution in [2.24, 2.45) is 0 Å². The van der Waals surface area contributed by atoms with Gasteiger partial charge in [-0.15, -0.1) is 0 Å². The number of carbonyl (C=O) groups excluding carboxylic acids is 3. The minimum atomic E-state index is -0.451. The van der Waals surface area contributed by atoms with Crippen LogP contribution in [0.4, 0.5) is 5.69 Å². The number of anilines is 1. The second-order valence-corrected chi connectivity index (χ2v) is 6.55. The van der Waals surface area contributed by atoms with E-state index in [-0.39, 0.29) is 11.8 Å². The van der Waals surface area contributed by atoms with Crippen molar-refractivity contribution in [2.75, 3.05) is 12.4 Å². The number of methoxy groups -OCH3 is 1. The number of benzene rings is 3. The van der Waals surface area contributed by atoms with E-state index in [1.165, 1.54) is 7.11 Å². The highest BCUT2D eigenvalue weighted by Gasteiger charge is 2.28. The Morgan fingerprint density at radius 1 is 0.931 bits per heavy atom. The van der Waals surface area contributed by atoms with E-state index in [0.717, 1.165) is 11.1 Å². The summed E-state index contributed by atoms with van der Waals surface area (Å²) in [4.78, 5) is 37.2. The van der Waals surface area contributed by atoms with Crippen LogP contribution >= 0.6 is 0 Å². The average Bonchev–Trinajstić information content (AvgIpc) is 3.16. The van der Waals surface area contributed by atoms with Gasteiger partial charge in [0.25, 0.3) is 11.8 Å². The standard InChI is InChI=1S/C23H18N2O4/c1-29-23(28)17-10-6-5-9-15(17)16-11-12-19(20-18(16)13-24-22(20)27)25-21(26)14-7-3-2-4-8-14/h2-12H,13H2,1H3,(H,24,27)(H,25,26). The molecule has 3 aromatic carbocycles. The van der Waals surface area contributed by atoms with Gasteiger partial charge in [0.2, 0.25) is 0 Å². The van der Waals surface area contributed by atoms with E-state index >= 15 is 0 Å². The average molecular weight is 386 g/mol. The largest absolute Gasteiger partial charge is 0.465 e. The van der Waals surface area contributed by atoms with Crippen molar-refractivity contribution in [1.29, 1.82) is 0 Å². The molecule has 4 rings (SSSR count). The molecule has 0 aromatic heterocycles. The number of hydrogen-bond acceptors (Lipinski definition) is 4. The molecule has 0 fully saturated rings. The van der Waals surface area contributed by atoms with Crippen LogP contribution in [0.25, 0.3) is 11.1 Å². The van der Waals surface area contributed by atoms with Gasteiger partial charge in [-0.2, -0.15) is 0 Å². The van der Waals surface area contributed by atoms with Crippen molar-refractivity contribution in [3.8, 4) is 11.1 Å². The zero-order valence-electron chi connectivity index (χ0n) is 15.7. The minimum Gasteiger partial charge on any atom is -0.465 e. The topological polar surface area (TPSA) is 84.5 Å². The SMILES string of the molecule is COC(=O)c1ccccc1-c1ccc(NC(=O)c2ccccc2)c2c1CNC2=O. The summed E-state index contributed by atoms with van der Waals surface area (Å²) in [6.07, 6.45) is 0. The minimum absolute atomic E-state index is 0.263. The lowest BCUT2D eigenvalue weighted by Crippen LogP contribution is -2.17. The molecule has 1 aliphatic rings. The lowest BCUT2D eigenvalue weighted by Gasteiger charge is -2.14. The Morgan fingerprint density at radius 2 is 1.66 bits per heavy atom. The van der Waals surface area contributed by atoms with Crippen LogP contribution < -0.4 is 10.6 Å². The van der Waals surface area contributed by atoms with Crippen LogP contribution in [0, 0.1) is 0 Å². The van der Waals surface area contributed by atoms with Crippen LogP contribution in [-0.2, 0) is 11.3 Å². The van der Waals surface area contributed by atoms with Gasteiger partial charge >= 0.3 is 5.97 Å². The number of carbonyl (C=O) groups is 3. The third-order valence-electron chi connectivity index (χ3n) is 4.87. The van der Waals surface area contributed by atoms with Crippen LogP contribution in [0.1, 0.15) is 36.6 Å². The Bertz CT molecular complexity index is 1120. The quantitative estimate of drug-likeness (QED) is 0.671. The molecular weight excluding hydrogens is 368 g/mol. The van der Waals surface area contributed by atoms with Gasteiger partial charge in [0, 0.05) is 12.1 Å². The van der Waals surface area contributed by atoms with E-state index in [2.05, 4.69) is 10.6 Å². The third kappa shape index (κ3) is 3.36. The van der Waals surface area contributed by atoms with E-state index < -0.39 is 5.97 Å². The number of amides is 2. The van der Waals surface area contributed by atoms with Crippen molar-refractivity contribution in [2.45, 2.75) is 6.54 Å². The Hall–Kier alpha value is -3.93. The van der Waals surface area contributed by atoms with Gasteiger partial charge in [-0.25, -0.2) is 4.79 Å². The zero-order valence-corrected chi connectivity index (χ0v) is 15.7. The predicted octanol–water partition coefficient (Wildman–Crippen LogP) is 3.64. The zero-order chi connectivity index (χ0) is 20.4. The number of ether oxygens (including phenoxy) is 1. The molecule has 29 heavy (non-hydrogen) atoms. The number of rotatable bonds is 4. The second-order valence-electron chi connectivity index (χ2n) is 6.55. The van der Waals surface area contributed by atoms with Crippen molar-refractivity contribution >= 4 is 23.5 Å². The highest BCUT2D eigenvalue weighted by atomic mass is 16.5. The number of esters is 1. The van der Waals surface area contributed by atoms with Gasteiger partial charge in [0.05, 0.1) is 23.9 Å². The highest BCUT2D eigenvalue weighted by Crippen LogP contribution is 2.35. The van der Waals surface area contributed by atoms with Gasteiger partial charge in [-0.3, -0.25) is 9.59 Å². The Morgan fingerprint density at radius 3 is 2.41 bits per heavy atom. The predicted molar refractivity (Wildman–Crippen MR) is 109 cm³/mol. The lowest BCUT2D eigenvalue weighted by molar-refractivity contribution is 0.0601. The van der Waals surface area contributed by atoms with E-state index in [1.807, 2.05) is 24.3 Å². The van der Waals surface area contributed by atoms with Crippen molar-refractivity contribution < 1.29 is 19.1 Å². The molecule has 2 amide bonds. The molecular formula is C23H18N2O4. The number of hydrogen-bond donors (Lipinski definition) is 2. The molecule has 144 valence electrons. The fourth-order valence-corrected chi connectivity index (χ4v) is 3.49. The van der Waals surface area contributed by atoms with Crippen molar-refractivity contribution in [3.05, 3.63) is 89.0 Å². The van der Waals surface area contributed by atoms with Gasteiger partial charge in [-0.05, 0) is 41.0 Å². The van der Waals surface area contributed by atoms with E-state index in [9.17, 15) is 14.4 Å². The normalized spacial score (nSPS) is 12.1. The summed E-state index contributed by atoms with van der Waals surface area (Å²) in [6.45, 7) is 0.314. The van der Waals surface area contributed by atoms with Crippen LogP contribution in [0.5, 0.6) is 0 Å². The number of nitrogens with one attached hydrogen (secondary N) is 2. The molecule has 2 N–H and O–H groups in total. The van der Waals surface area contributed by atoms with E-state index in [0.29, 0.717) is 34.5 Å². The van der Waals surface area contributed by atoms with E-state index in [4.69, 9.17) is 4.74 Å². The van der Waals surface area contributed by atoms with E-state index in [1.54, 1.807) is 42.5 Å². The molecule has 6 heteroatoms. The van der Waals surface area contributed by atoms with Gasteiger partial charge in [-0.1, -0.05) is 42.5 Å². The summed E-state index contributed by atoms with van der Waals surface area (Å²) >= 11 is 0. The Labute approximate surface area is 167 Å². The smallest absolute Gasteiger partial charge is 0.338 e. The lowest BCUT2D eigenvalue weighted by atomic mass is 9.92. The third-order valence-corrected chi connectivity index (χ3v) is 4.87. The summed E-state index contributed by atoms with van der Waals surface area (Å²) in [6, 6.07) is 19.4. The van der Waals surface area contributed by atoms with Crippen molar-refractivity contribution in [1.82, 2.24) is 5.32 Å². The maximum Gasteiger partial charge on any atom is 0.338 e. The van der Waals surface area contributed by atoms with Crippen LogP contribution in [0.3, 0.4) is 0 Å². The Kier molecular flexibility index (Phi) is 4.83. The number of fused-ring (bicyclic) bond motifs is 1. The summed E-state index contributed by atoms with van der Waals surface area (Å²) in [7, 11) is 1.33. The van der Waals surface area contributed by atoms with Gasteiger partial charge in [0.1, 0.15) is 0 Å². The van der Waals surface area contributed by atoms with Crippen molar-refractivity contribution in [3.63, 3.8) is 0 Å². The molecule has 0 saturated carbocycles. The monoisotopic (exact) mass is 386 g/mol.